The van der Waals surface area contributed by atoms with Gasteiger partial charge in [-0.3, -0.25) is 9.80 Å². The molecule has 338 valence electrons. The van der Waals surface area contributed by atoms with Crippen molar-refractivity contribution in [3.63, 3.8) is 0 Å². The standard InChI is InChI=1S/C62H53BN2O2S2/c1-60(2,3)40-22-28-49-45(32-40)55-58(66-49)64(43-24-18-36(19-25-43)53-30-38-14-10-12-16-51(38)68-53)47-34-42(62(7,8)9)35-48-57(47)63(55)56-46-33-41(61(4,5)6)23-29-50(46)67-59(56)65(48)44-26-20-37(21-27-44)54-31-39-15-11-13-17-52(39)69-54/h10-35H,1-9H3. The van der Waals surface area contributed by atoms with E-state index in [-0.39, 0.29) is 23.0 Å². The molecule has 4 nitrogen and oxygen atoms in total. The monoisotopic (exact) mass is 932 g/mol. The summed E-state index contributed by atoms with van der Waals surface area (Å²) in [6.07, 6.45) is 0. The van der Waals surface area contributed by atoms with Gasteiger partial charge in [0.2, 0.25) is 11.8 Å². The number of thiophene rings is 2. The van der Waals surface area contributed by atoms with Crippen LogP contribution in [0.5, 0.6) is 0 Å². The van der Waals surface area contributed by atoms with E-state index in [9.17, 15) is 0 Å². The van der Waals surface area contributed by atoms with E-state index in [1.54, 1.807) is 0 Å². The molecule has 0 radical (unpaired) electrons. The van der Waals surface area contributed by atoms with Crippen LogP contribution in [0.15, 0.2) is 167 Å². The van der Waals surface area contributed by atoms with Crippen molar-refractivity contribution in [1.82, 2.24) is 0 Å². The summed E-state index contributed by atoms with van der Waals surface area (Å²) in [7, 11) is 0. The fraction of sp³-hybridized carbons (Fsp3) is 0.194. The lowest BCUT2D eigenvalue weighted by Gasteiger charge is -2.41. The van der Waals surface area contributed by atoms with Gasteiger partial charge >= 0.3 is 0 Å². The van der Waals surface area contributed by atoms with Gasteiger partial charge in [-0.25, -0.2) is 0 Å². The molecule has 0 N–H and O–H groups in total. The Morgan fingerprint density at radius 3 is 1.20 bits per heavy atom. The number of nitrogens with zero attached hydrogens (tertiary/aromatic N) is 2. The van der Waals surface area contributed by atoms with E-state index >= 15 is 0 Å². The lowest BCUT2D eigenvalue weighted by Crippen LogP contribution is -2.61. The molecule has 0 spiro atoms. The summed E-state index contributed by atoms with van der Waals surface area (Å²) in [6, 6.07) is 58.8. The Balaban J connectivity index is 1.10. The van der Waals surface area contributed by atoms with Gasteiger partial charge in [-0.1, -0.05) is 135 Å². The highest BCUT2D eigenvalue weighted by molar-refractivity contribution is 7.22. The zero-order chi connectivity index (χ0) is 47.3. The third-order valence-corrected chi connectivity index (χ3v) is 16.9. The van der Waals surface area contributed by atoms with Gasteiger partial charge in [0.25, 0.3) is 6.71 Å². The number of rotatable bonds is 4. The van der Waals surface area contributed by atoms with E-state index in [2.05, 4.69) is 230 Å². The van der Waals surface area contributed by atoms with Gasteiger partial charge in [0.1, 0.15) is 11.2 Å². The third-order valence-electron chi connectivity index (χ3n) is 14.6. The van der Waals surface area contributed by atoms with Crippen molar-refractivity contribution >= 4 is 122 Å². The Morgan fingerprint density at radius 2 is 0.812 bits per heavy atom. The van der Waals surface area contributed by atoms with E-state index in [0.717, 1.165) is 56.5 Å². The molecule has 0 unspecified atom stereocenters. The van der Waals surface area contributed by atoms with Crippen molar-refractivity contribution in [1.29, 1.82) is 0 Å². The van der Waals surface area contributed by atoms with Crippen LogP contribution in [-0.2, 0) is 16.2 Å². The van der Waals surface area contributed by atoms with Crippen molar-refractivity contribution in [3.05, 3.63) is 174 Å². The Labute approximate surface area is 412 Å². The van der Waals surface area contributed by atoms with Crippen LogP contribution in [0.1, 0.15) is 79.0 Å². The van der Waals surface area contributed by atoms with Gasteiger partial charge in [0.05, 0.1) is 0 Å². The molecule has 0 saturated heterocycles. The molecule has 0 saturated carbocycles. The highest BCUT2D eigenvalue weighted by Gasteiger charge is 2.49. The van der Waals surface area contributed by atoms with Gasteiger partial charge in [-0.05, 0) is 145 Å². The lowest BCUT2D eigenvalue weighted by atomic mass is 9.33. The van der Waals surface area contributed by atoms with Crippen LogP contribution in [0.4, 0.5) is 34.5 Å². The quantitative estimate of drug-likeness (QED) is 0.165. The summed E-state index contributed by atoms with van der Waals surface area (Å²) in [6.45, 7) is 20.6. The molecule has 0 aliphatic carbocycles. The number of hydrogen-bond donors (Lipinski definition) is 0. The molecular weight excluding hydrogens is 880 g/mol. The number of fused-ring (bicyclic) bond motifs is 10. The molecule has 6 heterocycles. The summed E-state index contributed by atoms with van der Waals surface area (Å²) in [4.78, 5) is 7.36. The normalized spacial score (nSPS) is 13.8. The first-order valence-electron chi connectivity index (χ1n) is 24.2. The fourth-order valence-electron chi connectivity index (χ4n) is 10.7. The second kappa shape index (κ2) is 14.9. The molecule has 0 atom stereocenters. The van der Waals surface area contributed by atoms with Crippen molar-refractivity contribution < 1.29 is 8.83 Å². The van der Waals surface area contributed by atoms with Crippen LogP contribution in [0.2, 0.25) is 0 Å². The van der Waals surface area contributed by atoms with Crippen LogP contribution in [0, 0.1) is 0 Å². The van der Waals surface area contributed by atoms with E-state index in [4.69, 9.17) is 8.83 Å². The van der Waals surface area contributed by atoms with E-state index < -0.39 is 0 Å². The van der Waals surface area contributed by atoms with Crippen LogP contribution < -0.4 is 26.2 Å². The molecule has 11 aromatic rings. The minimum absolute atomic E-state index is 0.0692. The average molecular weight is 933 g/mol. The smallest absolute Gasteiger partial charge is 0.262 e. The molecule has 7 heteroatoms. The van der Waals surface area contributed by atoms with E-state index in [1.165, 1.54) is 74.1 Å². The molecule has 0 amide bonds. The first-order chi connectivity index (χ1) is 33.1. The highest BCUT2D eigenvalue weighted by Crippen LogP contribution is 2.50. The van der Waals surface area contributed by atoms with E-state index in [1.807, 2.05) is 22.7 Å². The Morgan fingerprint density at radius 1 is 0.406 bits per heavy atom. The molecule has 7 aromatic carbocycles. The summed E-state index contributed by atoms with van der Waals surface area (Å²) in [5.74, 6) is 1.71. The molecule has 4 aromatic heterocycles. The minimum Gasteiger partial charge on any atom is -0.440 e. The second-order valence-electron chi connectivity index (χ2n) is 22.2. The maximum absolute atomic E-state index is 7.31. The lowest BCUT2D eigenvalue weighted by molar-refractivity contribution is 0.588. The number of anilines is 6. The molecular formula is C62H53BN2O2S2. The first-order valence-corrected chi connectivity index (χ1v) is 25.8. The number of furan rings is 2. The highest BCUT2D eigenvalue weighted by atomic mass is 32.1. The molecule has 0 fully saturated rings. The zero-order valence-electron chi connectivity index (χ0n) is 40.6. The largest absolute Gasteiger partial charge is 0.440 e. The number of hydrogen-bond acceptors (Lipinski definition) is 6. The maximum atomic E-state index is 7.31. The zero-order valence-corrected chi connectivity index (χ0v) is 42.2. The minimum atomic E-state index is -0.190. The molecule has 2 aliphatic rings. The summed E-state index contributed by atoms with van der Waals surface area (Å²) in [5.41, 5.74) is 15.6. The van der Waals surface area contributed by atoms with Gasteiger partial charge < -0.3 is 8.83 Å². The van der Waals surface area contributed by atoms with Gasteiger partial charge in [0, 0.05) is 63.6 Å². The predicted octanol–water partition coefficient (Wildman–Crippen LogP) is 16.9. The average Bonchev–Trinajstić information content (AvgIpc) is 4.13. The summed E-state index contributed by atoms with van der Waals surface area (Å²) < 4.78 is 17.2. The summed E-state index contributed by atoms with van der Waals surface area (Å²) in [5, 5.41) is 4.82. The van der Waals surface area contributed by atoms with Gasteiger partial charge in [-0.2, -0.15) is 0 Å². The Hall–Kier alpha value is -6.80. The Bertz CT molecular complexity index is 3560. The van der Waals surface area contributed by atoms with Gasteiger partial charge in [0.15, 0.2) is 0 Å². The van der Waals surface area contributed by atoms with Crippen LogP contribution >= 0.6 is 22.7 Å². The van der Waals surface area contributed by atoms with Crippen LogP contribution in [-0.4, -0.2) is 6.71 Å². The molecule has 13 rings (SSSR count). The molecule has 0 bridgehead atoms. The SMILES string of the molecule is CC(C)(C)c1cc2c3c(c1)N(c1ccc(-c4cc5ccccc5s4)cc1)c1oc4ccc(C(C)(C)C)cc4c1B3c1c(oc3ccc(C(C)(C)C)cc13)N2c1ccc(-c2cc3ccccc3s2)cc1. The fourth-order valence-corrected chi connectivity index (χ4v) is 12.9. The number of benzene rings is 7. The Kier molecular flexibility index (Phi) is 9.11. The summed E-state index contributed by atoms with van der Waals surface area (Å²) >= 11 is 3.69. The van der Waals surface area contributed by atoms with Crippen molar-refractivity contribution in [2.45, 2.75) is 78.6 Å². The topological polar surface area (TPSA) is 32.8 Å². The molecule has 2 aliphatic heterocycles. The maximum Gasteiger partial charge on any atom is 0.262 e. The predicted molar refractivity (Wildman–Crippen MR) is 298 cm³/mol. The van der Waals surface area contributed by atoms with Gasteiger partial charge in [-0.15, -0.1) is 22.7 Å². The molecule has 69 heavy (non-hydrogen) atoms. The van der Waals surface area contributed by atoms with Crippen LogP contribution in [0.25, 0.3) is 63.0 Å². The third kappa shape index (κ3) is 6.68. The van der Waals surface area contributed by atoms with Crippen molar-refractivity contribution in [2.75, 3.05) is 9.80 Å². The van der Waals surface area contributed by atoms with Crippen molar-refractivity contribution in [3.8, 4) is 20.9 Å². The van der Waals surface area contributed by atoms with Crippen molar-refractivity contribution in [2.24, 2.45) is 0 Å². The second-order valence-corrected chi connectivity index (χ2v) is 24.4. The van der Waals surface area contributed by atoms with Crippen LogP contribution in [0.3, 0.4) is 0 Å². The first kappa shape index (κ1) is 42.3. The van der Waals surface area contributed by atoms with E-state index in [0.29, 0.717) is 0 Å².